The first-order valence-electron chi connectivity index (χ1n) is 7.47. The van der Waals surface area contributed by atoms with E-state index in [4.69, 9.17) is 0 Å². The highest BCUT2D eigenvalue weighted by atomic mass is 32.1. The van der Waals surface area contributed by atoms with E-state index >= 15 is 0 Å². The zero-order valence-electron chi connectivity index (χ0n) is 12.3. The number of carbonyl (C=O) groups excluding carboxylic acids is 1. The highest BCUT2D eigenvalue weighted by molar-refractivity contribution is 7.00. The van der Waals surface area contributed by atoms with Crippen LogP contribution in [0.5, 0.6) is 0 Å². The molecule has 0 saturated carbocycles. The second kappa shape index (κ2) is 5.40. The summed E-state index contributed by atoms with van der Waals surface area (Å²) in [6, 6.07) is 13.1. The lowest BCUT2D eigenvalue weighted by Crippen LogP contribution is -2.39. The van der Waals surface area contributed by atoms with E-state index in [1.54, 1.807) is 18.2 Å². The van der Waals surface area contributed by atoms with Crippen molar-refractivity contribution in [2.45, 2.75) is 18.4 Å². The Kier molecular flexibility index (Phi) is 3.36. The summed E-state index contributed by atoms with van der Waals surface area (Å²) in [4.78, 5) is 12.4. The SMILES string of the molecule is O=C(NC[C@@]1(O)CCc2ccccc21)c1ccc2nsnc2c1. The van der Waals surface area contributed by atoms with Gasteiger partial charge in [-0.2, -0.15) is 8.75 Å². The molecule has 0 fully saturated rings. The van der Waals surface area contributed by atoms with Gasteiger partial charge in [0.15, 0.2) is 0 Å². The molecule has 1 aromatic heterocycles. The summed E-state index contributed by atoms with van der Waals surface area (Å²) in [5.74, 6) is -0.210. The number of hydrogen-bond donors (Lipinski definition) is 2. The van der Waals surface area contributed by atoms with Gasteiger partial charge in [-0.1, -0.05) is 24.3 Å². The molecule has 23 heavy (non-hydrogen) atoms. The van der Waals surface area contributed by atoms with Gasteiger partial charge in [-0.3, -0.25) is 4.79 Å². The Morgan fingerprint density at radius 1 is 1.22 bits per heavy atom. The molecule has 1 aliphatic carbocycles. The molecule has 1 amide bonds. The molecule has 1 aliphatic rings. The van der Waals surface area contributed by atoms with Gasteiger partial charge in [0.05, 0.1) is 18.3 Å². The van der Waals surface area contributed by atoms with Crippen molar-refractivity contribution in [1.29, 1.82) is 0 Å². The Labute approximate surface area is 137 Å². The summed E-state index contributed by atoms with van der Waals surface area (Å²) in [5, 5.41) is 13.7. The van der Waals surface area contributed by atoms with Crippen LogP contribution in [0.25, 0.3) is 11.0 Å². The highest BCUT2D eigenvalue weighted by Crippen LogP contribution is 2.36. The van der Waals surface area contributed by atoms with Crippen molar-refractivity contribution in [2.24, 2.45) is 0 Å². The zero-order valence-corrected chi connectivity index (χ0v) is 13.1. The smallest absolute Gasteiger partial charge is 0.251 e. The molecule has 1 atom stereocenters. The number of benzene rings is 2. The first kappa shape index (κ1) is 14.3. The van der Waals surface area contributed by atoms with Gasteiger partial charge in [-0.25, -0.2) is 0 Å². The van der Waals surface area contributed by atoms with Crippen molar-refractivity contribution in [2.75, 3.05) is 6.54 Å². The van der Waals surface area contributed by atoms with Crippen molar-refractivity contribution in [3.05, 3.63) is 59.2 Å². The summed E-state index contributed by atoms with van der Waals surface area (Å²) in [6.45, 7) is 0.205. The summed E-state index contributed by atoms with van der Waals surface area (Å²) in [5.41, 5.74) is 3.11. The largest absolute Gasteiger partial charge is 0.383 e. The molecule has 0 radical (unpaired) electrons. The van der Waals surface area contributed by atoms with Crippen molar-refractivity contribution in [3.8, 4) is 0 Å². The molecule has 0 unspecified atom stereocenters. The van der Waals surface area contributed by atoms with Crippen molar-refractivity contribution < 1.29 is 9.90 Å². The first-order valence-corrected chi connectivity index (χ1v) is 8.20. The number of hydrogen-bond acceptors (Lipinski definition) is 5. The molecule has 116 valence electrons. The quantitative estimate of drug-likeness (QED) is 0.774. The fraction of sp³-hybridized carbons (Fsp3) is 0.235. The number of fused-ring (bicyclic) bond motifs is 2. The second-order valence-corrected chi connectivity index (χ2v) is 6.37. The summed E-state index contributed by atoms with van der Waals surface area (Å²) >= 11 is 1.13. The van der Waals surface area contributed by atoms with Crippen LogP contribution in [0.3, 0.4) is 0 Å². The third-order valence-electron chi connectivity index (χ3n) is 4.38. The van der Waals surface area contributed by atoms with E-state index in [0.29, 0.717) is 17.5 Å². The highest BCUT2D eigenvalue weighted by Gasteiger charge is 2.36. The maximum atomic E-state index is 12.4. The van der Waals surface area contributed by atoms with Crippen LogP contribution in [-0.4, -0.2) is 26.3 Å². The monoisotopic (exact) mass is 325 g/mol. The molecule has 0 spiro atoms. The zero-order chi connectivity index (χ0) is 15.9. The average molecular weight is 325 g/mol. The number of amides is 1. The van der Waals surface area contributed by atoms with E-state index in [1.807, 2.05) is 24.3 Å². The van der Waals surface area contributed by atoms with Gasteiger partial charge in [0.2, 0.25) is 0 Å². The van der Waals surface area contributed by atoms with Crippen LogP contribution in [0.15, 0.2) is 42.5 Å². The lowest BCUT2D eigenvalue weighted by Gasteiger charge is -2.24. The molecular weight excluding hydrogens is 310 g/mol. The number of nitrogens with zero attached hydrogens (tertiary/aromatic N) is 2. The second-order valence-electron chi connectivity index (χ2n) is 5.84. The molecule has 0 saturated heterocycles. The molecule has 6 heteroatoms. The van der Waals surface area contributed by atoms with Gasteiger partial charge in [0, 0.05) is 5.56 Å². The minimum absolute atomic E-state index is 0.205. The third kappa shape index (κ3) is 2.50. The van der Waals surface area contributed by atoms with Gasteiger partial charge in [0.25, 0.3) is 5.91 Å². The van der Waals surface area contributed by atoms with Gasteiger partial charge < -0.3 is 10.4 Å². The van der Waals surface area contributed by atoms with Gasteiger partial charge >= 0.3 is 0 Å². The van der Waals surface area contributed by atoms with E-state index in [9.17, 15) is 9.90 Å². The van der Waals surface area contributed by atoms with Crippen molar-refractivity contribution in [3.63, 3.8) is 0 Å². The minimum Gasteiger partial charge on any atom is -0.383 e. The van der Waals surface area contributed by atoms with Crippen LogP contribution < -0.4 is 5.32 Å². The molecule has 4 rings (SSSR count). The molecule has 1 heterocycles. The van der Waals surface area contributed by atoms with E-state index in [2.05, 4.69) is 14.1 Å². The van der Waals surface area contributed by atoms with Gasteiger partial charge in [-0.15, -0.1) is 0 Å². The van der Waals surface area contributed by atoms with Crippen LogP contribution >= 0.6 is 11.7 Å². The fourth-order valence-corrected chi connectivity index (χ4v) is 3.62. The van der Waals surface area contributed by atoms with Crippen LogP contribution in [0.4, 0.5) is 0 Å². The Morgan fingerprint density at radius 2 is 2.04 bits per heavy atom. The molecule has 0 aliphatic heterocycles. The number of nitrogens with one attached hydrogen (secondary N) is 1. The van der Waals surface area contributed by atoms with Gasteiger partial charge in [0.1, 0.15) is 16.6 Å². The first-order chi connectivity index (χ1) is 11.2. The molecule has 0 bridgehead atoms. The molecule has 5 nitrogen and oxygen atoms in total. The number of aliphatic hydroxyl groups is 1. The Hall–Kier alpha value is -2.31. The standard InChI is InChI=1S/C17H15N3O2S/c21-16(12-5-6-14-15(9-12)20-23-19-14)18-10-17(22)8-7-11-3-1-2-4-13(11)17/h1-6,9,22H,7-8,10H2,(H,18,21)/t17-/m0/s1. The maximum absolute atomic E-state index is 12.4. The van der Waals surface area contributed by atoms with Crippen LogP contribution in [0.1, 0.15) is 27.9 Å². The van der Waals surface area contributed by atoms with Crippen molar-refractivity contribution in [1.82, 2.24) is 14.1 Å². The topological polar surface area (TPSA) is 75.1 Å². The minimum atomic E-state index is -0.988. The van der Waals surface area contributed by atoms with Crippen LogP contribution in [-0.2, 0) is 12.0 Å². The Bertz CT molecular complexity index is 892. The van der Waals surface area contributed by atoms with Gasteiger partial charge in [-0.05, 0) is 42.2 Å². The fourth-order valence-electron chi connectivity index (χ4n) is 3.10. The molecule has 2 N–H and O–H groups in total. The van der Waals surface area contributed by atoms with Crippen LogP contribution in [0, 0.1) is 0 Å². The summed E-state index contributed by atoms with van der Waals surface area (Å²) in [6.07, 6.45) is 1.46. The lowest BCUT2D eigenvalue weighted by atomic mass is 9.96. The van der Waals surface area contributed by atoms with E-state index in [-0.39, 0.29) is 12.5 Å². The summed E-state index contributed by atoms with van der Waals surface area (Å²) in [7, 11) is 0. The molecule has 2 aromatic carbocycles. The summed E-state index contributed by atoms with van der Waals surface area (Å²) < 4.78 is 8.27. The Balaban J connectivity index is 1.51. The number of rotatable bonds is 3. The van der Waals surface area contributed by atoms with Crippen LogP contribution in [0.2, 0.25) is 0 Å². The lowest BCUT2D eigenvalue weighted by molar-refractivity contribution is 0.0369. The number of carbonyl (C=O) groups is 1. The van der Waals surface area contributed by atoms with E-state index < -0.39 is 5.60 Å². The predicted octanol–water partition coefficient (Wildman–Crippen LogP) is 2.26. The molecular formula is C17H15N3O2S. The predicted molar refractivity (Wildman–Crippen MR) is 88.4 cm³/mol. The Morgan fingerprint density at radius 3 is 2.96 bits per heavy atom. The van der Waals surface area contributed by atoms with E-state index in [1.165, 1.54) is 0 Å². The maximum Gasteiger partial charge on any atom is 0.251 e. The molecule has 3 aromatic rings. The average Bonchev–Trinajstić information content (AvgIpc) is 3.18. The normalized spacial score (nSPS) is 19.7. The van der Waals surface area contributed by atoms with E-state index in [0.717, 1.165) is 34.8 Å². The third-order valence-corrected chi connectivity index (χ3v) is 4.94. The van der Waals surface area contributed by atoms with Crippen molar-refractivity contribution >= 4 is 28.7 Å². The number of aromatic nitrogens is 2. The number of aryl methyl sites for hydroxylation is 1.